The lowest BCUT2D eigenvalue weighted by Gasteiger charge is -2.11. The smallest absolute Gasteiger partial charge is 0.220 e. The van der Waals surface area contributed by atoms with Crippen LogP contribution >= 0.6 is 0 Å². The average Bonchev–Trinajstić information content (AvgIpc) is 1.98. The molecule has 0 saturated carbocycles. The molecule has 1 unspecified atom stereocenters. The van der Waals surface area contributed by atoms with E-state index in [4.69, 9.17) is 5.73 Å². The number of nitrogens with one attached hydrogen (secondary N) is 1. The van der Waals surface area contributed by atoms with E-state index in [1.807, 2.05) is 0 Å². The highest BCUT2D eigenvalue weighted by molar-refractivity contribution is 5.84. The standard InChI is InChI=1S/C9H16N2O3/c1-6(5-8(10)13)11-9(14)4-3-7(2)12/h6H,3-5H2,1-2H3,(H2,10,13)(H,11,14). The van der Waals surface area contributed by atoms with E-state index in [1.165, 1.54) is 6.92 Å². The molecule has 0 aromatic rings. The Morgan fingerprint density at radius 3 is 2.29 bits per heavy atom. The monoisotopic (exact) mass is 200 g/mol. The number of primary amides is 1. The maximum Gasteiger partial charge on any atom is 0.220 e. The highest BCUT2D eigenvalue weighted by Crippen LogP contribution is 1.94. The Bertz CT molecular complexity index is 238. The Hall–Kier alpha value is -1.39. The van der Waals surface area contributed by atoms with Crippen LogP contribution in [-0.2, 0) is 14.4 Å². The Labute approximate surface area is 83.0 Å². The van der Waals surface area contributed by atoms with Crippen LogP contribution in [0.25, 0.3) is 0 Å². The van der Waals surface area contributed by atoms with Gasteiger partial charge in [0, 0.05) is 25.3 Å². The number of hydrogen-bond acceptors (Lipinski definition) is 3. The summed E-state index contributed by atoms with van der Waals surface area (Å²) >= 11 is 0. The molecular formula is C9H16N2O3. The van der Waals surface area contributed by atoms with E-state index in [1.54, 1.807) is 6.92 Å². The number of hydrogen-bond donors (Lipinski definition) is 2. The van der Waals surface area contributed by atoms with Crippen molar-refractivity contribution in [1.29, 1.82) is 0 Å². The van der Waals surface area contributed by atoms with Crippen molar-refractivity contribution in [2.75, 3.05) is 0 Å². The highest BCUT2D eigenvalue weighted by Gasteiger charge is 2.09. The molecule has 0 aliphatic heterocycles. The third-order valence-electron chi connectivity index (χ3n) is 1.62. The summed E-state index contributed by atoms with van der Waals surface area (Å²) in [6, 6.07) is -0.271. The molecule has 1 atom stereocenters. The first kappa shape index (κ1) is 12.6. The van der Waals surface area contributed by atoms with Crippen LogP contribution < -0.4 is 11.1 Å². The first-order valence-electron chi connectivity index (χ1n) is 4.49. The minimum Gasteiger partial charge on any atom is -0.370 e. The van der Waals surface area contributed by atoms with Gasteiger partial charge in [-0.05, 0) is 13.8 Å². The molecule has 0 aliphatic rings. The summed E-state index contributed by atoms with van der Waals surface area (Å²) in [5.74, 6) is -0.707. The number of amides is 2. The van der Waals surface area contributed by atoms with Gasteiger partial charge < -0.3 is 15.8 Å². The molecule has 0 spiro atoms. The number of rotatable bonds is 6. The molecule has 0 rings (SSSR count). The maximum atomic E-state index is 11.1. The number of ketones is 1. The van der Waals surface area contributed by atoms with Gasteiger partial charge in [0.05, 0.1) is 0 Å². The summed E-state index contributed by atoms with van der Waals surface area (Å²) < 4.78 is 0. The fraction of sp³-hybridized carbons (Fsp3) is 0.667. The molecule has 0 fully saturated rings. The van der Waals surface area contributed by atoms with Crippen LogP contribution in [0, 0.1) is 0 Å². The normalized spacial score (nSPS) is 11.9. The summed E-state index contributed by atoms with van der Waals surface area (Å²) in [5, 5.41) is 2.57. The molecular weight excluding hydrogens is 184 g/mol. The molecule has 0 aromatic heterocycles. The molecule has 0 saturated heterocycles. The predicted octanol–water partition coefficient (Wildman–Crippen LogP) is -0.264. The van der Waals surface area contributed by atoms with Gasteiger partial charge in [-0.1, -0.05) is 0 Å². The second kappa shape index (κ2) is 6.12. The van der Waals surface area contributed by atoms with Crippen molar-refractivity contribution >= 4 is 17.6 Å². The molecule has 3 N–H and O–H groups in total. The van der Waals surface area contributed by atoms with Crippen molar-refractivity contribution in [3.8, 4) is 0 Å². The van der Waals surface area contributed by atoms with Crippen LogP contribution in [-0.4, -0.2) is 23.6 Å². The molecule has 5 nitrogen and oxygen atoms in total. The number of Topliss-reactive ketones (excluding diaryl/α,β-unsaturated/α-hetero) is 1. The molecule has 5 heteroatoms. The predicted molar refractivity (Wildman–Crippen MR) is 51.3 cm³/mol. The van der Waals surface area contributed by atoms with Gasteiger partial charge in [-0.2, -0.15) is 0 Å². The number of carbonyl (C=O) groups excluding carboxylic acids is 3. The van der Waals surface area contributed by atoms with Crippen LogP contribution in [0.4, 0.5) is 0 Å². The van der Waals surface area contributed by atoms with Gasteiger partial charge >= 0.3 is 0 Å². The molecule has 0 radical (unpaired) electrons. The number of carbonyl (C=O) groups is 3. The summed E-state index contributed by atoms with van der Waals surface area (Å²) in [7, 11) is 0. The van der Waals surface area contributed by atoms with Crippen LogP contribution in [0.1, 0.15) is 33.1 Å². The zero-order valence-electron chi connectivity index (χ0n) is 8.50. The van der Waals surface area contributed by atoms with Gasteiger partial charge in [-0.25, -0.2) is 0 Å². The Morgan fingerprint density at radius 1 is 1.29 bits per heavy atom. The van der Waals surface area contributed by atoms with E-state index in [9.17, 15) is 14.4 Å². The van der Waals surface area contributed by atoms with E-state index < -0.39 is 5.91 Å². The van der Waals surface area contributed by atoms with Crippen molar-refractivity contribution in [3.05, 3.63) is 0 Å². The number of nitrogens with two attached hydrogens (primary N) is 1. The summed E-state index contributed by atoms with van der Waals surface area (Å²) in [4.78, 5) is 32.2. The second-order valence-electron chi connectivity index (χ2n) is 3.34. The van der Waals surface area contributed by atoms with Crippen LogP contribution in [0.15, 0.2) is 0 Å². The van der Waals surface area contributed by atoms with Crippen molar-refractivity contribution < 1.29 is 14.4 Å². The molecule has 0 bridgehead atoms. The molecule has 80 valence electrons. The van der Waals surface area contributed by atoms with Gasteiger partial charge in [-0.15, -0.1) is 0 Å². The second-order valence-corrected chi connectivity index (χ2v) is 3.34. The summed E-state index contributed by atoms with van der Waals surface area (Å²) in [5.41, 5.74) is 4.95. The van der Waals surface area contributed by atoms with Gasteiger partial charge in [0.25, 0.3) is 0 Å². The zero-order valence-corrected chi connectivity index (χ0v) is 8.50. The van der Waals surface area contributed by atoms with E-state index in [0.717, 1.165) is 0 Å². The van der Waals surface area contributed by atoms with Gasteiger partial charge in [-0.3, -0.25) is 9.59 Å². The molecule has 14 heavy (non-hydrogen) atoms. The average molecular weight is 200 g/mol. The molecule has 0 aliphatic carbocycles. The first-order chi connectivity index (χ1) is 6.41. The molecule has 0 heterocycles. The van der Waals surface area contributed by atoms with Gasteiger partial charge in [0.2, 0.25) is 11.8 Å². The lowest BCUT2D eigenvalue weighted by Crippen LogP contribution is -2.35. The fourth-order valence-corrected chi connectivity index (χ4v) is 0.989. The Morgan fingerprint density at radius 2 is 1.86 bits per heavy atom. The summed E-state index contributed by atoms with van der Waals surface area (Å²) in [6.07, 6.45) is 0.513. The SMILES string of the molecule is CC(=O)CCC(=O)NC(C)CC(N)=O. The lowest BCUT2D eigenvalue weighted by atomic mass is 10.2. The third-order valence-corrected chi connectivity index (χ3v) is 1.62. The van der Waals surface area contributed by atoms with Crippen molar-refractivity contribution in [1.82, 2.24) is 5.32 Å². The van der Waals surface area contributed by atoms with Gasteiger partial charge in [0.15, 0.2) is 0 Å². The first-order valence-corrected chi connectivity index (χ1v) is 4.49. The van der Waals surface area contributed by atoms with E-state index in [-0.39, 0.29) is 37.0 Å². The largest absolute Gasteiger partial charge is 0.370 e. The summed E-state index contributed by atoms with van der Waals surface area (Å²) in [6.45, 7) is 3.12. The van der Waals surface area contributed by atoms with Crippen LogP contribution in [0.3, 0.4) is 0 Å². The van der Waals surface area contributed by atoms with Crippen molar-refractivity contribution in [2.45, 2.75) is 39.2 Å². The van der Waals surface area contributed by atoms with Crippen LogP contribution in [0.2, 0.25) is 0 Å². The molecule has 2 amide bonds. The van der Waals surface area contributed by atoms with Crippen molar-refractivity contribution in [2.24, 2.45) is 5.73 Å². The maximum absolute atomic E-state index is 11.1. The highest BCUT2D eigenvalue weighted by atomic mass is 16.2. The van der Waals surface area contributed by atoms with E-state index >= 15 is 0 Å². The topological polar surface area (TPSA) is 89.3 Å². The third kappa shape index (κ3) is 7.27. The van der Waals surface area contributed by atoms with E-state index in [2.05, 4.69) is 5.32 Å². The minimum absolute atomic E-state index is 0.0253. The zero-order chi connectivity index (χ0) is 11.1. The van der Waals surface area contributed by atoms with Crippen LogP contribution in [0.5, 0.6) is 0 Å². The van der Waals surface area contributed by atoms with Crippen molar-refractivity contribution in [3.63, 3.8) is 0 Å². The lowest BCUT2D eigenvalue weighted by molar-refractivity contribution is -0.125. The van der Waals surface area contributed by atoms with Gasteiger partial charge in [0.1, 0.15) is 5.78 Å². The fourth-order valence-electron chi connectivity index (χ4n) is 0.989. The quantitative estimate of drug-likeness (QED) is 0.618. The minimum atomic E-state index is -0.454. The Kier molecular flexibility index (Phi) is 5.52. The Balaban J connectivity index is 3.71. The van der Waals surface area contributed by atoms with E-state index in [0.29, 0.717) is 0 Å². The molecule has 0 aromatic carbocycles.